The second-order valence-electron chi connectivity index (χ2n) is 5.28. The zero-order valence-corrected chi connectivity index (χ0v) is 13.1. The topological polar surface area (TPSA) is 41.1 Å². The lowest BCUT2D eigenvalue weighted by atomic mass is 9.92. The number of piperidine rings is 1. The van der Waals surface area contributed by atoms with Crippen molar-refractivity contribution in [2.75, 3.05) is 13.1 Å². The first-order chi connectivity index (χ1) is 9.09. The van der Waals surface area contributed by atoms with Gasteiger partial charge in [-0.25, -0.2) is 0 Å². The number of carbonyl (C=O) groups is 1. The van der Waals surface area contributed by atoms with Crippen molar-refractivity contribution in [1.29, 1.82) is 0 Å². The highest BCUT2D eigenvalue weighted by molar-refractivity contribution is 9.10. The van der Waals surface area contributed by atoms with Gasteiger partial charge in [0.25, 0.3) is 5.91 Å². The van der Waals surface area contributed by atoms with E-state index in [0.29, 0.717) is 5.92 Å². The maximum Gasteiger partial charge on any atom is 0.251 e. The van der Waals surface area contributed by atoms with Gasteiger partial charge < -0.3 is 10.6 Å². The van der Waals surface area contributed by atoms with Gasteiger partial charge in [-0.05, 0) is 63.4 Å². The Bertz CT molecular complexity index is 455. The molecule has 0 spiro atoms. The highest BCUT2D eigenvalue weighted by atomic mass is 79.9. The summed E-state index contributed by atoms with van der Waals surface area (Å²) < 4.78 is 0.979. The molecule has 2 rings (SSSR count). The summed E-state index contributed by atoms with van der Waals surface area (Å²) in [6.45, 7) is 6.16. The molecule has 0 saturated carbocycles. The van der Waals surface area contributed by atoms with Gasteiger partial charge in [-0.2, -0.15) is 0 Å². The fourth-order valence-electron chi connectivity index (χ4n) is 2.56. The summed E-state index contributed by atoms with van der Waals surface area (Å²) >= 11 is 3.47. The largest absolute Gasteiger partial charge is 0.349 e. The highest BCUT2D eigenvalue weighted by Gasteiger charge is 2.22. The molecule has 0 aromatic heterocycles. The number of hydrogen-bond acceptors (Lipinski definition) is 2. The highest BCUT2D eigenvalue weighted by Crippen LogP contribution is 2.20. The molecule has 1 aromatic rings. The number of hydrogen-bond donors (Lipinski definition) is 2. The predicted molar refractivity (Wildman–Crippen MR) is 81.4 cm³/mol. The van der Waals surface area contributed by atoms with Crippen LogP contribution in [-0.2, 0) is 0 Å². The van der Waals surface area contributed by atoms with Crippen LogP contribution in [0.4, 0.5) is 0 Å². The molecule has 1 saturated heterocycles. The zero-order chi connectivity index (χ0) is 13.8. The van der Waals surface area contributed by atoms with Gasteiger partial charge in [-0.15, -0.1) is 0 Å². The van der Waals surface area contributed by atoms with Crippen LogP contribution in [0.3, 0.4) is 0 Å². The third-order valence-electron chi connectivity index (χ3n) is 3.91. The molecule has 1 aliphatic heterocycles. The number of carbonyl (C=O) groups excluding carboxylic acids is 1. The first kappa shape index (κ1) is 14.5. The minimum Gasteiger partial charge on any atom is -0.349 e. The Kier molecular flexibility index (Phi) is 4.99. The van der Waals surface area contributed by atoms with E-state index in [1.165, 1.54) is 12.8 Å². The van der Waals surface area contributed by atoms with Crippen LogP contribution in [0.25, 0.3) is 0 Å². The van der Waals surface area contributed by atoms with Crippen LogP contribution in [0.2, 0.25) is 0 Å². The maximum absolute atomic E-state index is 12.3. The van der Waals surface area contributed by atoms with Gasteiger partial charge in [-0.1, -0.05) is 22.0 Å². The van der Waals surface area contributed by atoms with Gasteiger partial charge in [-0.3, -0.25) is 4.79 Å². The minimum absolute atomic E-state index is 0.0249. The Morgan fingerprint density at radius 2 is 2.32 bits per heavy atom. The lowest BCUT2D eigenvalue weighted by Crippen LogP contribution is -2.44. The van der Waals surface area contributed by atoms with Crippen molar-refractivity contribution in [2.24, 2.45) is 5.92 Å². The molecule has 4 heteroatoms. The molecule has 1 amide bonds. The van der Waals surface area contributed by atoms with Gasteiger partial charge in [0, 0.05) is 16.1 Å². The molecule has 2 atom stereocenters. The summed E-state index contributed by atoms with van der Waals surface area (Å²) in [7, 11) is 0. The first-order valence-corrected chi connectivity index (χ1v) is 7.65. The molecule has 19 heavy (non-hydrogen) atoms. The van der Waals surface area contributed by atoms with Gasteiger partial charge in [0.2, 0.25) is 0 Å². The lowest BCUT2D eigenvalue weighted by Gasteiger charge is -2.29. The van der Waals surface area contributed by atoms with E-state index in [9.17, 15) is 4.79 Å². The summed E-state index contributed by atoms with van der Waals surface area (Å²) in [4.78, 5) is 12.3. The predicted octanol–water partition coefficient (Wildman–Crippen LogP) is 2.88. The fraction of sp³-hybridized carbons (Fsp3) is 0.533. The standard InChI is InChI=1S/C15H21BrN2O/c1-10-13(6-3-7-14(10)16)15(19)18-11(2)12-5-4-8-17-9-12/h3,6-7,11-12,17H,4-5,8-9H2,1-2H3,(H,18,19). The van der Waals surface area contributed by atoms with Crippen LogP contribution < -0.4 is 10.6 Å². The van der Waals surface area contributed by atoms with Crippen molar-refractivity contribution in [3.05, 3.63) is 33.8 Å². The number of nitrogens with one attached hydrogen (secondary N) is 2. The van der Waals surface area contributed by atoms with E-state index in [1.807, 2.05) is 25.1 Å². The molecule has 1 aromatic carbocycles. The first-order valence-electron chi connectivity index (χ1n) is 6.86. The van der Waals surface area contributed by atoms with Crippen LogP contribution in [0.1, 0.15) is 35.7 Å². The van der Waals surface area contributed by atoms with E-state index in [4.69, 9.17) is 0 Å². The summed E-state index contributed by atoms with van der Waals surface area (Å²) in [6, 6.07) is 5.94. The second-order valence-corrected chi connectivity index (χ2v) is 6.14. The number of benzene rings is 1. The molecule has 0 radical (unpaired) electrons. The van der Waals surface area contributed by atoms with Gasteiger partial charge in [0.05, 0.1) is 0 Å². The molecule has 3 nitrogen and oxygen atoms in total. The quantitative estimate of drug-likeness (QED) is 0.897. The molecule has 1 heterocycles. The minimum atomic E-state index is 0.0249. The second kappa shape index (κ2) is 6.53. The molecule has 1 fully saturated rings. The van der Waals surface area contributed by atoms with Crippen LogP contribution in [0, 0.1) is 12.8 Å². The van der Waals surface area contributed by atoms with E-state index in [0.717, 1.165) is 28.7 Å². The van der Waals surface area contributed by atoms with E-state index in [2.05, 4.69) is 33.5 Å². The third-order valence-corrected chi connectivity index (χ3v) is 4.77. The zero-order valence-electron chi connectivity index (χ0n) is 11.5. The summed E-state index contributed by atoms with van der Waals surface area (Å²) in [6.07, 6.45) is 2.38. The van der Waals surface area contributed by atoms with Crippen molar-refractivity contribution < 1.29 is 4.79 Å². The van der Waals surface area contributed by atoms with Crippen molar-refractivity contribution in [3.63, 3.8) is 0 Å². The van der Waals surface area contributed by atoms with E-state index < -0.39 is 0 Å². The smallest absolute Gasteiger partial charge is 0.251 e. The van der Waals surface area contributed by atoms with Crippen LogP contribution in [-0.4, -0.2) is 25.0 Å². The molecular formula is C15H21BrN2O. The van der Waals surface area contributed by atoms with E-state index in [-0.39, 0.29) is 11.9 Å². The van der Waals surface area contributed by atoms with Crippen LogP contribution in [0.15, 0.2) is 22.7 Å². The Labute approximate surface area is 123 Å². The number of rotatable bonds is 3. The molecule has 0 aliphatic carbocycles. The van der Waals surface area contributed by atoms with Crippen LogP contribution >= 0.6 is 15.9 Å². The fourth-order valence-corrected chi connectivity index (χ4v) is 2.93. The van der Waals surface area contributed by atoms with Crippen molar-refractivity contribution >= 4 is 21.8 Å². The molecule has 2 N–H and O–H groups in total. The Hall–Kier alpha value is -0.870. The monoisotopic (exact) mass is 324 g/mol. The third kappa shape index (κ3) is 3.57. The number of amides is 1. The average Bonchev–Trinajstić information content (AvgIpc) is 2.42. The number of halogens is 1. The van der Waals surface area contributed by atoms with E-state index >= 15 is 0 Å². The normalized spacial score (nSPS) is 20.9. The van der Waals surface area contributed by atoms with Gasteiger partial charge in [0.15, 0.2) is 0 Å². The molecule has 2 unspecified atom stereocenters. The Morgan fingerprint density at radius 1 is 1.53 bits per heavy atom. The average molecular weight is 325 g/mol. The van der Waals surface area contributed by atoms with Gasteiger partial charge in [0.1, 0.15) is 0 Å². The van der Waals surface area contributed by atoms with Crippen molar-refractivity contribution in [1.82, 2.24) is 10.6 Å². The van der Waals surface area contributed by atoms with Gasteiger partial charge >= 0.3 is 0 Å². The van der Waals surface area contributed by atoms with Crippen LogP contribution in [0.5, 0.6) is 0 Å². The SMILES string of the molecule is Cc1c(Br)cccc1C(=O)NC(C)C1CCCNC1. The lowest BCUT2D eigenvalue weighted by molar-refractivity contribution is 0.0921. The molecule has 104 valence electrons. The van der Waals surface area contributed by atoms with Crippen molar-refractivity contribution in [3.8, 4) is 0 Å². The summed E-state index contributed by atoms with van der Waals surface area (Å²) in [5, 5.41) is 6.52. The molecule has 0 bridgehead atoms. The Morgan fingerprint density at radius 3 is 3.00 bits per heavy atom. The summed E-state index contributed by atoms with van der Waals surface area (Å²) in [5.41, 5.74) is 1.75. The molecule has 1 aliphatic rings. The maximum atomic E-state index is 12.3. The Balaban J connectivity index is 2.02. The van der Waals surface area contributed by atoms with E-state index in [1.54, 1.807) is 0 Å². The van der Waals surface area contributed by atoms with Crippen molar-refractivity contribution in [2.45, 2.75) is 32.7 Å². The summed E-state index contributed by atoms with van der Waals surface area (Å²) in [5.74, 6) is 0.557. The molecular weight excluding hydrogens is 304 g/mol.